The number of H-pyrrole nitrogens is 1. The van der Waals surface area contributed by atoms with Gasteiger partial charge in [0, 0.05) is 32.5 Å². The minimum absolute atomic E-state index is 0.0380. The zero-order chi connectivity index (χ0) is 13.9. The Bertz CT molecular complexity index is 479. The molecule has 1 saturated heterocycles. The van der Waals surface area contributed by atoms with Crippen molar-refractivity contribution < 1.29 is 19.4 Å². The molecular formula is C11H16N4O4. The van der Waals surface area contributed by atoms with Crippen LogP contribution in [-0.2, 0) is 16.0 Å². The minimum Gasteiger partial charge on any atom is -0.480 e. The number of carboxylic acids is 1. The van der Waals surface area contributed by atoms with Crippen molar-refractivity contribution in [2.24, 2.45) is 0 Å². The maximum Gasteiger partial charge on any atom is 0.329 e. The summed E-state index contributed by atoms with van der Waals surface area (Å²) in [6, 6.07) is 0. The van der Waals surface area contributed by atoms with Gasteiger partial charge in [0.15, 0.2) is 0 Å². The van der Waals surface area contributed by atoms with Crippen LogP contribution in [0.5, 0.6) is 0 Å². The monoisotopic (exact) mass is 268 g/mol. The predicted molar refractivity (Wildman–Crippen MR) is 63.6 cm³/mol. The van der Waals surface area contributed by atoms with Crippen molar-refractivity contribution in [1.82, 2.24) is 20.5 Å². The SMILES string of the molecule is CCc1nc(C(=O)NC2(C(=O)O)CCOCC2)n[nH]1. The Morgan fingerprint density at radius 2 is 2.16 bits per heavy atom. The highest BCUT2D eigenvalue weighted by Crippen LogP contribution is 2.21. The molecule has 3 N–H and O–H groups in total. The van der Waals surface area contributed by atoms with Gasteiger partial charge in [0.05, 0.1) is 0 Å². The number of carbonyl (C=O) groups excluding carboxylic acids is 1. The van der Waals surface area contributed by atoms with E-state index < -0.39 is 17.4 Å². The highest BCUT2D eigenvalue weighted by atomic mass is 16.5. The Hall–Kier alpha value is -1.96. The van der Waals surface area contributed by atoms with Crippen molar-refractivity contribution in [3.8, 4) is 0 Å². The van der Waals surface area contributed by atoms with Crippen LogP contribution in [0.3, 0.4) is 0 Å². The number of amides is 1. The van der Waals surface area contributed by atoms with E-state index in [1.54, 1.807) is 0 Å². The highest BCUT2D eigenvalue weighted by Gasteiger charge is 2.42. The number of ether oxygens (including phenoxy) is 1. The first-order valence-electron chi connectivity index (χ1n) is 6.12. The molecule has 0 aliphatic carbocycles. The number of hydrogen-bond donors (Lipinski definition) is 3. The van der Waals surface area contributed by atoms with E-state index in [0.29, 0.717) is 25.5 Å². The molecule has 2 heterocycles. The highest BCUT2D eigenvalue weighted by molar-refractivity contribution is 5.95. The summed E-state index contributed by atoms with van der Waals surface area (Å²) in [4.78, 5) is 27.4. The normalized spacial score (nSPS) is 17.9. The molecule has 2 rings (SSSR count). The zero-order valence-corrected chi connectivity index (χ0v) is 10.6. The van der Waals surface area contributed by atoms with Crippen LogP contribution in [0.15, 0.2) is 0 Å². The molecule has 1 aliphatic heterocycles. The van der Waals surface area contributed by atoms with Gasteiger partial charge in [-0.25, -0.2) is 9.78 Å². The first-order chi connectivity index (χ1) is 9.07. The Morgan fingerprint density at radius 3 is 2.68 bits per heavy atom. The van der Waals surface area contributed by atoms with Crippen molar-refractivity contribution in [2.75, 3.05) is 13.2 Å². The van der Waals surface area contributed by atoms with Gasteiger partial charge in [0.1, 0.15) is 11.4 Å². The third-order valence-electron chi connectivity index (χ3n) is 3.18. The van der Waals surface area contributed by atoms with Crippen LogP contribution in [0.1, 0.15) is 36.2 Å². The molecule has 0 atom stereocenters. The average Bonchev–Trinajstić information content (AvgIpc) is 2.88. The summed E-state index contributed by atoms with van der Waals surface area (Å²) in [5.41, 5.74) is -1.29. The standard InChI is InChI=1S/C11H16N4O4/c1-2-7-12-8(15-14-7)9(16)13-11(10(17)18)3-5-19-6-4-11/h2-6H2,1H3,(H,13,16)(H,17,18)(H,12,14,15). The molecule has 1 amide bonds. The number of carbonyl (C=O) groups is 2. The summed E-state index contributed by atoms with van der Waals surface area (Å²) in [6.45, 7) is 2.49. The predicted octanol–water partition coefficient (Wildman–Crippen LogP) is -0.269. The number of aromatic amines is 1. The number of nitrogens with zero attached hydrogens (tertiary/aromatic N) is 2. The van der Waals surface area contributed by atoms with Crippen LogP contribution in [-0.4, -0.2) is 50.9 Å². The minimum atomic E-state index is -1.29. The molecule has 8 nitrogen and oxygen atoms in total. The molecule has 0 radical (unpaired) electrons. The molecule has 1 fully saturated rings. The van der Waals surface area contributed by atoms with Gasteiger partial charge in [-0.2, -0.15) is 0 Å². The summed E-state index contributed by atoms with van der Waals surface area (Å²) in [7, 11) is 0. The second-order valence-electron chi connectivity index (χ2n) is 4.41. The topological polar surface area (TPSA) is 117 Å². The number of aryl methyl sites for hydroxylation is 1. The first kappa shape index (κ1) is 13.5. The van der Waals surface area contributed by atoms with Crippen LogP contribution in [0, 0.1) is 0 Å². The lowest BCUT2D eigenvalue weighted by Crippen LogP contribution is -2.57. The van der Waals surface area contributed by atoms with Crippen LogP contribution >= 0.6 is 0 Å². The van der Waals surface area contributed by atoms with Gasteiger partial charge in [-0.05, 0) is 0 Å². The molecule has 1 aromatic heterocycles. The van der Waals surface area contributed by atoms with Crippen molar-refractivity contribution in [1.29, 1.82) is 0 Å². The summed E-state index contributed by atoms with van der Waals surface area (Å²) in [5, 5.41) is 18.2. The zero-order valence-electron chi connectivity index (χ0n) is 10.6. The van der Waals surface area contributed by atoms with Crippen molar-refractivity contribution >= 4 is 11.9 Å². The average molecular weight is 268 g/mol. The third-order valence-corrected chi connectivity index (χ3v) is 3.18. The van der Waals surface area contributed by atoms with Gasteiger partial charge in [-0.1, -0.05) is 6.92 Å². The van der Waals surface area contributed by atoms with Gasteiger partial charge < -0.3 is 15.2 Å². The number of rotatable bonds is 4. The fraction of sp³-hybridized carbons (Fsp3) is 0.636. The van der Waals surface area contributed by atoms with E-state index in [0.717, 1.165) is 0 Å². The Balaban J connectivity index is 2.12. The molecule has 0 bridgehead atoms. The Kier molecular flexibility index (Phi) is 3.79. The van der Waals surface area contributed by atoms with E-state index in [2.05, 4.69) is 20.5 Å². The lowest BCUT2D eigenvalue weighted by atomic mass is 9.90. The van der Waals surface area contributed by atoms with Gasteiger partial charge >= 0.3 is 5.97 Å². The van der Waals surface area contributed by atoms with Crippen molar-refractivity contribution in [3.63, 3.8) is 0 Å². The Labute approximate surface area is 109 Å². The van der Waals surface area contributed by atoms with Gasteiger partial charge in [-0.3, -0.25) is 9.89 Å². The summed E-state index contributed by atoms with van der Waals surface area (Å²) < 4.78 is 5.13. The molecule has 0 unspecified atom stereocenters. The smallest absolute Gasteiger partial charge is 0.329 e. The lowest BCUT2D eigenvalue weighted by Gasteiger charge is -2.33. The number of carboxylic acid groups (broad SMARTS) is 1. The maximum atomic E-state index is 12.0. The van der Waals surface area contributed by atoms with E-state index in [1.807, 2.05) is 6.92 Å². The number of hydrogen-bond acceptors (Lipinski definition) is 5. The lowest BCUT2D eigenvalue weighted by molar-refractivity contribution is -0.148. The molecule has 0 saturated carbocycles. The molecule has 1 aromatic rings. The van der Waals surface area contributed by atoms with E-state index in [1.165, 1.54) is 0 Å². The fourth-order valence-corrected chi connectivity index (χ4v) is 1.94. The summed E-state index contributed by atoms with van der Waals surface area (Å²) >= 11 is 0. The first-order valence-corrected chi connectivity index (χ1v) is 6.12. The van der Waals surface area contributed by atoms with Crippen LogP contribution in [0.4, 0.5) is 0 Å². The molecule has 104 valence electrons. The molecule has 1 aliphatic rings. The van der Waals surface area contributed by atoms with Crippen molar-refractivity contribution in [3.05, 3.63) is 11.6 Å². The quantitative estimate of drug-likeness (QED) is 0.692. The molecule has 19 heavy (non-hydrogen) atoms. The number of aromatic nitrogens is 3. The number of aliphatic carboxylic acids is 1. The van der Waals surface area contributed by atoms with Crippen molar-refractivity contribution in [2.45, 2.75) is 31.7 Å². The molecular weight excluding hydrogens is 252 g/mol. The largest absolute Gasteiger partial charge is 0.480 e. The maximum absolute atomic E-state index is 12.0. The van der Waals surface area contributed by atoms with E-state index in [-0.39, 0.29) is 18.7 Å². The summed E-state index contributed by atoms with van der Waals surface area (Å²) in [6.07, 6.45) is 1.09. The Morgan fingerprint density at radius 1 is 1.47 bits per heavy atom. The summed E-state index contributed by atoms with van der Waals surface area (Å²) in [5.74, 6) is -1.10. The van der Waals surface area contributed by atoms with Gasteiger partial charge in [0.25, 0.3) is 5.91 Å². The van der Waals surface area contributed by atoms with Crippen LogP contribution in [0.2, 0.25) is 0 Å². The third kappa shape index (κ3) is 2.73. The van der Waals surface area contributed by atoms with Crippen LogP contribution in [0.25, 0.3) is 0 Å². The molecule has 8 heteroatoms. The van der Waals surface area contributed by atoms with E-state index in [9.17, 15) is 14.7 Å². The number of nitrogens with one attached hydrogen (secondary N) is 2. The molecule has 0 aromatic carbocycles. The van der Waals surface area contributed by atoms with Gasteiger partial charge in [0.2, 0.25) is 5.82 Å². The second-order valence-corrected chi connectivity index (χ2v) is 4.41. The second kappa shape index (κ2) is 5.35. The fourth-order valence-electron chi connectivity index (χ4n) is 1.94. The van der Waals surface area contributed by atoms with E-state index >= 15 is 0 Å². The molecule has 0 spiro atoms. The van der Waals surface area contributed by atoms with Crippen LogP contribution < -0.4 is 5.32 Å². The van der Waals surface area contributed by atoms with Gasteiger partial charge in [-0.15, -0.1) is 5.10 Å². The van der Waals surface area contributed by atoms with E-state index in [4.69, 9.17) is 4.74 Å².